The smallest absolute Gasteiger partial charge is 0.339 e. The lowest BCUT2D eigenvalue weighted by Crippen LogP contribution is -2.21. The predicted octanol–water partition coefficient (Wildman–Crippen LogP) is 3.42. The van der Waals surface area contributed by atoms with Gasteiger partial charge in [-0.3, -0.25) is 4.79 Å². The monoisotopic (exact) mass is 409 g/mol. The van der Waals surface area contributed by atoms with Crippen molar-refractivity contribution in [2.75, 3.05) is 0 Å². The summed E-state index contributed by atoms with van der Waals surface area (Å²) in [5.74, 6) is -1.21. The Bertz CT molecular complexity index is 1140. The minimum Gasteiger partial charge on any atom is -0.445 e. The normalized spacial score (nSPS) is 12.2. The maximum absolute atomic E-state index is 13.0. The summed E-state index contributed by atoms with van der Waals surface area (Å²) in [6.45, 7) is 1.57. The average Bonchev–Trinajstić information content (AvgIpc) is 2.72. The molecule has 7 heteroatoms. The third-order valence-electron chi connectivity index (χ3n) is 4.35. The van der Waals surface area contributed by atoms with E-state index < -0.39 is 22.1 Å². The van der Waals surface area contributed by atoms with Crippen LogP contribution in [-0.2, 0) is 14.8 Å². The highest BCUT2D eigenvalue weighted by atomic mass is 32.2. The largest absolute Gasteiger partial charge is 0.445 e. The molecular weight excluding hydrogens is 390 g/mol. The molecule has 1 unspecified atom stereocenters. The Morgan fingerprint density at radius 3 is 2.03 bits per heavy atom. The molecule has 0 saturated carbocycles. The summed E-state index contributed by atoms with van der Waals surface area (Å²) in [6.07, 6.45) is -1.18. The minimum absolute atomic E-state index is 0.0126. The van der Waals surface area contributed by atoms with Gasteiger partial charge in [-0.05, 0) is 24.6 Å². The highest BCUT2D eigenvalue weighted by Crippen LogP contribution is 2.25. The fourth-order valence-corrected chi connectivity index (χ4v) is 3.67. The van der Waals surface area contributed by atoms with E-state index in [2.05, 4.69) is 0 Å². The van der Waals surface area contributed by atoms with Crippen LogP contribution in [0.2, 0.25) is 0 Å². The fourth-order valence-electron chi connectivity index (χ4n) is 2.86. The van der Waals surface area contributed by atoms with Crippen molar-refractivity contribution in [3.05, 3.63) is 101 Å². The number of hydrogen-bond donors (Lipinski definition) is 1. The molecule has 0 aromatic heterocycles. The number of carbonyl (C=O) groups is 2. The van der Waals surface area contributed by atoms with Gasteiger partial charge in [0.05, 0.1) is 10.5 Å². The molecule has 0 radical (unpaired) electrons. The lowest BCUT2D eigenvalue weighted by atomic mass is 9.99. The Kier molecular flexibility index (Phi) is 5.91. The molecule has 0 amide bonds. The van der Waals surface area contributed by atoms with E-state index in [4.69, 9.17) is 9.88 Å². The molecule has 6 nitrogen and oxygen atoms in total. The van der Waals surface area contributed by atoms with Crippen molar-refractivity contribution in [2.45, 2.75) is 17.9 Å². The summed E-state index contributed by atoms with van der Waals surface area (Å²) in [5, 5.41) is 5.21. The summed E-state index contributed by atoms with van der Waals surface area (Å²) < 4.78 is 29.0. The molecule has 148 valence electrons. The van der Waals surface area contributed by atoms with Gasteiger partial charge in [0.15, 0.2) is 6.10 Å². The van der Waals surface area contributed by atoms with E-state index in [9.17, 15) is 18.0 Å². The Balaban J connectivity index is 1.97. The molecule has 1 atom stereocenters. The van der Waals surface area contributed by atoms with Gasteiger partial charge in [0.2, 0.25) is 15.8 Å². The highest BCUT2D eigenvalue weighted by Gasteiger charge is 2.27. The van der Waals surface area contributed by atoms with Gasteiger partial charge in [-0.15, -0.1) is 0 Å². The van der Waals surface area contributed by atoms with Crippen LogP contribution in [0.5, 0.6) is 0 Å². The number of primary sulfonamides is 1. The molecule has 3 aromatic carbocycles. The van der Waals surface area contributed by atoms with Gasteiger partial charge in [0.1, 0.15) is 0 Å². The number of aryl methyl sites for hydroxylation is 1. The van der Waals surface area contributed by atoms with Gasteiger partial charge in [-0.25, -0.2) is 18.4 Å². The van der Waals surface area contributed by atoms with Crippen LogP contribution in [0.4, 0.5) is 0 Å². The number of nitrogens with two attached hydrogens (primary N) is 1. The van der Waals surface area contributed by atoms with Gasteiger partial charge < -0.3 is 4.74 Å². The van der Waals surface area contributed by atoms with Gasteiger partial charge in [-0.1, -0.05) is 66.7 Å². The van der Waals surface area contributed by atoms with Gasteiger partial charge in [0.25, 0.3) is 0 Å². The Labute approximate surface area is 169 Å². The van der Waals surface area contributed by atoms with Crippen LogP contribution >= 0.6 is 0 Å². The van der Waals surface area contributed by atoms with Crippen molar-refractivity contribution >= 4 is 21.8 Å². The zero-order chi connectivity index (χ0) is 21.0. The van der Waals surface area contributed by atoms with E-state index in [1.54, 1.807) is 67.6 Å². The molecule has 0 bridgehead atoms. The Hall–Kier alpha value is -3.29. The second-order valence-electron chi connectivity index (χ2n) is 6.45. The van der Waals surface area contributed by atoms with E-state index in [-0.39, 0.29) is 16.2 Å². The molecule has 0 aliphatic heterocycles. The molecule has 0 saturated heterocycles. The molecule has 3 aromatic rings. The first-order valence-corrected chi connectivity index (χ1v) is 10.3. The number of esters is 1. The SMILES string of the molecule is Cc1ccc(C(=O)OC(C(=O)c2ccccc2)c2ccccc2)cc1S(N)(=O)=O. The highest BCUT2D eigenvalue weighted by molar-refractivity contribution is 7.89. The molecule has 0 heterocycles. The predicted molar refractivity (Wildman–Crippen MR) is 108 cm³/mol. The summed E-state index contributed by atoms with van der Waals surface area (Å²) in [7, 11) is -4.00. The number of hydrogen-bond acceptors (Lipinski definition) is 5. The lowest BCUT2D eigenvalue weighted by molar-refractivity contribution is 0.0280. The number of ketones is 1. The van der Waals surface area contributed by atoms with Crippen LogP contribution in [0.25, 0.3) is 0 Å². The fraction of sp³-hybridized carbons (Fsp3) is 0.0909. The molecular formula is C22H19NO5S. The quantitative estimate of drug-likeness (QED) is 0.496. The van der Waals surface area contributed by atoms with Crippen molar-refractivity contribution < 1.29 is 22.7 Å². The van der Waals surface area contributed by atoms with Crippen molar-refractivity contribution in [1.82, 2.24) is 0 Å². The van der Waals surface area contributed by atoms with Crippen LogP contribution in [0.15, 0.2) is 83.8 Å². The topological polar surface area (TPSA) is 104 Å². The number of rotatable bonds is 6. The number of sulfonamides is 1. The van der Waals surface area contributed by atoms with E-state index in [1.165, 1.54) is 12.1 Å². The molecule has 2 N–H and O–H groups in total. The minimum atomic E-state index is -4.00. The van der Waals surface area contributed by atoms with Gasteiger partial charge >= 0.3 is 5.97 Å². The van der Waals surface area contributed by atoms with Crippen molar-refractivity contribution in [3.63, 3.8) is 0 Å². The van der Waals surface area contributed by atoms with Crippen LogP contribution in [0.3, 0.4) is 0 Å². The van der Waals surface area contributed by atoms with E-state index in [0.29, 0.717) is 16.7 Å². The number of carbonyl (C=O) groups excluding carboxylic acids is 2. The molecule has 0 spiro atoms. The van der Waals surface area contributed by atoms with Crippen LogP contribution in [-0.4, -0.2) is 20.2 Å². The van der Waals surface area contributed by atoms with E-state index in [1.807, 2.05) is 0 Å². The maximum atomic E-state index is 13.0. The third-order valence-corrected chi connectivity index (χ3v) is 5.41. The average molecular weight is 409 g/mol. The van der Waals surface area contributed by atoms with Crippen LogP contribution < -0.4 is 5.14 Å². The van der Waals surface area contributed by atoms with Crippen molar-refractivity contribution in [2.24, 2.45) is 5.14 Å². The van der Waals surface area contributed by atoms with Gasteiger partial charge in [-0.2, -0.15) is 0 Å². The third kappa shape index (κ3) is 4.77. The Morgan fingerprint density at radius 1 is 0.862 bits per heavy atom. The van der Waals surface area contributed by atoms with Crippen LogP contribution in [0, 0.1) is 6.92 Å². The first-order chi connectivity index (χ1) is 13.8. The lowest BCUT2D eigenvalue weighted by Gasteiger charge is -2.18. The van der Waals surface area contributed by atoms with E-state index in [0.717, 1.165) is 6.07 Å². The summed E-state index contributed by atoms with van der Waals surface area (Å²) in [4.78, 5) is 25.6. The number of benzene rings is 3. The molecule has 0 fully saturated rings. The standard InChI is InChI=1S/C22H19NO5S/c1-15-12-13-18(14-19(15)29(23,26)27)22(25)28-21(17-10-6-3-7-11-17)20(24)16-8-4-2-5-9-16/h2-14,21H,1H3,(H2,23,26,27). The maximum Gasteiger partial charge on any atom is 0.339 e. The van der Waals surface area contributed by atoms with Crippen molar-refractivity contribution in [3.8, 4) is 0 Å². The van der Waals surface area contributed by atoms with Gasteiger partial charge in [0, 0.05) is 11.1 Å². The second-order valence-corrected chi connectivity index (χ2v) is 7.98. The number of ether oxygens (including phenoxy) is 1. The summed E-state index contributed by atoms with van der Waals surface area (Å²) in [5.41, 5.74) is 1.29. The first-order valence-electron chi connectivity index (χ1n) is 8.76. The molecule has 3 rings (SSSR count). The summed E-state index contributed by atoms with van der Waals surface area (Å²) >= 11 is 0. The zero-order valence-electron chi connectivity index (χ0n) is 15.6. The van der Waals surface area contributed by atoms with Crippen LogP contribution in [0.1, 0.15) is 37.9 Å². The van der Waals surface area contributed by atoms with E-state index >= 15 is 0 Å². The molecule has 0 aliphatic carbocycles. The zero-order valence-corrected chi connectivity index (χ0v) is 16.4. The Morgan fingerprint density at radius 2 is 1.45 bits per heavy atom. The summed E-state index contributed by atoms with van der Waals surface area (Å²) in [6, 6.07) is 21.2. The van der Waals surface area contributed by atoms with Crippen molar-refractivity contribution in [1.29, 1.82) is 0 Å². The second kappa shape index (κ2) is 8.38. The molecule has 0 aliphatic rings. The number of Topliss-reactive ketones (excluding diaryl/α,β-unsaturated/α-hetero) is 1. The molecule has 29 heavy (non-hydrogen) atoms. The first kappa shape index (κ1) is 20.4.